The summed E-state index contributed by atoms with van der Waals surface area (Å²) in [6.45, 7) is 8.18. The minimum atomic E-state index is -0.584. The first-order valence-corrected chi connectivity index (χ1v) is 12.2. The molecule has 1 aromatic carbocycles. The molecule has 2 amide bonds. The van der Waals surface area contributed by atoms with Crippen molar-refractivity contribution in [1.82, 2.24) is 30.3 Å². The fraction of sp³-hybridized carbons (Fsp3) is 0.462. The summed E-state index contributed by atoms with van der Waals surface area (Å²) in [6, 6.07) is 3.44. The Balaban J connectivity index is 1.49. The highest BCUT2D eigenvalue weighted by atomic mass is 16.6. The van der Waals surface area contributed by atoms with E-state index in [1.165, 1.54) is 7.11 Å². The number of fused-ring (bicyclic) bond motifs is 1. The van der Waals surface area contributed by atoms with E-state index in [0.717, 1.165) is 11.1 Å². The van der Waals surface area contributed by atoms with Crippen molar-refractivity contribution in [3.63, 3.8) is 0 Å². The molecule has 0 saturated heterocycles. The Morgan fingerprint density at radius 3 is 2.78 bits per heavy atom. The maximum absolute atomic E-state index is 13.3. The van der Waals surface area contributed by atoms with E-state index in [2.05, 4.69) is 20.8 Å². The highest BCUT2D eigenvalue weighted by Crippen LogP contribution is 2.29. The number of hydrogen-bond acceptors (Lipinski definition) is 8. The van der Waals surface area contributed by atoms with E-state index in [1.807, 2.05) is 52.0 Å². The van der Waals surface area contributed by atoms with Crippen molar-refractivity contribution in [3.8, 4) is 5.75 Å². The molecule has 2 aliphatic rings. The summed E-state index contributed by atoms with van der Waals surface area (Å²) < 4.78 is 12.8. The number of nitrogens with zero attached hydrogens (tertiary/aromatic N) is 4. The van der Waals surface area contributed by atoms with E-state index in [1.54, 1.807) is 21.9 Å². The second kappa shape index (κ2) is 10.6. The Kier molecular flexibility index (Phi) is 7.53. The minimum Gasteiger partial charge on any atom is -0.496 e. The summed E-state index contributed by atoms with van der Waals surface area (Å²) in [5.74, 6) is 0.690. The lowest BCUT2D eigenvalue weighted by molar-refractivity contribution is 0.0224. The number of amides is 2. The fourth-order valence-corrected chi connectivity index (χ4v) is 4.23. The molecule has 0 fully saturated rings. The lowest BCUT2D eigenvalue weighted by Crippen LogP contribution is -2.44. The van der Waals surface area contributed by atoms with Gasteiger partial charge in [-0.2, -0.15) is 0 Å². The van der Waals surface area contributed by atoms with Gasteiger partial charge in [0.1, 0.15) is 23.8 Å². The number of dihydropyridines is 1. The molecule has 0 spiro atoms. The third-order valence-electron chi connectivity index (χ3n) is 6.15. The standard InChI is InChI=1S/C26H34N6O5/c1-16(14-33)32-15-27-30-23(32)20-7-6-8-22(28-20)29-24(34)19-11-18-13-31(25(35)37-26(2,3)4)10-9-17(18)12-21(19)36-5/h6-8,11-12,15-16,22,28,33H,9-10,13-14H2,1-5H3,(H,29,34)/t16-,22?/m1/s1. The van der Waals surface area contributed by atoms with Crippen LogP contribution < -0.4 is 15.4 Å². The molecule has 3 N–H and O–H groups in total. The second-order valence-corrected chi connectivity index (χ2v) is 10.1. The van der Waals surface area contributed by atoms with Crippen LogP contribution in [0.4, 0.5) is 4.79 Å². The zero-order valence-electron chi connectivity index (χ0n) is 21.8. The molecule has 2 atom stereocenters. The molecule has 0 radical (unpaired) electrons. The highest BCUT2D eigenvalue weighted by molar-refractivity contribution is 5.97. The molecular formula is C26H34N6O5. The number of carbonyl (C=O) groups is 2. The summed E-state index contributed by atoms with van der Waals surface area (Å²) in [4.78, 5) is 27.6. The Morgan fingerprint density at radius 1 is 1.30 bits per heavy atom. The number of aliphatic hydroxyl groups excluding tert-OH is 1. The van der Waals surface area contributed by atoms with Crippen molar-refractivity contribution in [3.05, 3.63) is 59.2 Å². The normalized spacial score (nSPS) is 17.8. The van der Waals surface area contributed by atoms with E-state index in [9.17, 15) is 14.7 Å². The van der Waals surface area contributed by atoms with Crippen LogP contribution in [0.3, 0.4) is 0 Å². The average molecular weight is 511 g/mol. The summed E-state index contributed by atoms with van der Waals surface area (Å²) in [6.07, 6.45) is 6.78. The number of carbonyl (C=O) groups excluding carboxylic acids is 2. The molecule has 0 bridgehead atoms. The molecule has 0 aliphatic carbocycles. The zero-order valence-corrected chi connectivity index (χ0v) is 21.8. The molecule has 198 valence electrons. The van der Waals surface area contributed by atoms with Crippen LogP contribution >= 0.6 is 0 Å². The number of methoxy groups -OCH3 is 1. The summed E-state index contributed by atoms with van der Waals surface area (Å²) >= 11 is 0. The van der Waals surface area contributed by atoms with E-state index in [4.69, 9.17) is 9.47 Å². The van der Waals surface area contributed by atoms with Crippen LogP contribution in [0.2, 0.25) is 0 Å². The average Bonchev–Trinajstić information content (AvgIpc) is 3.36. The number of aliphatic hydroxyl groups is 1. The van der Waals surface area contributed by atoms with Crippen molar-refractivity contribution in [1.29, 1.82) is 0 Å². The number of benzene rings is 1. The smallest absolute Gasteiger partial charge is 0.410 e. The van der Waals surface area contributed by atoms with Crippen LogP contribution in [0.5, 0.6) is 5.75 Å². The SMILES string of the molecule is COc1cc2c(cc1C(=O)NC1C=CC=C(c3nncn3[C@H](C)CO)N1)CN(C(=O)OC(C)(C)C)CC2. The van der Waals surface area contributed by atoms with Gasteiger partial charge in [0.15, 0.2) is 5.82 Å². The topological polar surface area (TPSA) is 131 Å². The number of nitrogens with one attached hydrogen (secondary N) is 2. The molecule has 11 nitrogen and oxygen atoms in total. The van der Waals surface area contributed by atoms with E-state index in [-0.39, 0.29) is 24.6 Å². The van der Waals surface area contributed by atoms with Crippen molar-refractivity contribution < 1.29 is 24.2 Å². The van der Waals surface area contributed by atoms with Crippen LogP contribution in [-0.2, 0) is 17.7 Å². The molecule has 0 saturated carbocycles. The molecule has 1 unspecified atom stereocenters. The maximum Gasteiger partial charge on any atom is 0.410 e. The molecule has 3 heterocycles. The summed E-state index contributed by atoms with van der Waals surface area (Å²) in [7, 11) is 1.53. The van der Waals surface area contributed by atoms with Gasteiger partial charge in [-0.15, -0.1) is 10.2 Å². The second-order valence-electron chi connectivity index (χ2n) is 10.1. The molecule has 37 heavy (non-hydrogen) atoms. The van der Waals surface area contributed by atoms with E-state index in [0.29, 0.717) is 42.3 Å². The fourth-order valence-electron chi connectivity index (χ4n) is 4.23. The number of allylic oxidation sites excluding steroid dienone is 2. The minimum absolute atomic E-state index is 0.0577. The largest absolute Gasteiger partial charge is 0.496 e. The van der Waals surface area contributed by atoms with Gasteiger partial charge in [0.05, 0.1) is 31.0 Å². The first kappa shape index (κ1) is 26.2. The Bertz CT molecular complexity index is 1230. The quantitative estimate of drug-likeness (QED) is 0.540. The Hall–Kier alpha value is -3.86. The van der Waals surface area contributed by atoms with Gasteiger partial charge in [-0.25, -0.2) is 4.79 Å². The van der Waals surface area contributed by atoms with E-state index < -0.39 is 11.8 Å². The lowest BCUT2D eigenvalue weighted by atomic mass is 9.96. The van der Waals surface area contributed by atoms with Crippen molar-refractivity contribution in [2.45, 2.75) is 58.5 Å². The van der Waals surface area contributed by atoms with Gasteiger partial charge in [0, 0.05) is 13.1 Å². The van der Waals surface area contributed by atoms with Crippen LogP contribution in [0.15, 0.2) is 36.7 Å². The van der Waals surface area contributed by atoms with Crippen LogP contribution in [0.25, 0.3) is 5.70 Å². The molecule has 2 aromatic rings. The van der Waals surface area contributed by atoms with Gasteiger partial charge < -0.3 is 34.7 Å². The van der Waals surface area contributed by atoms with Crippen LogP contribution in [0, 0.1) is 0 Å². The third kappa shape index (κ3) is 5.93. The summed E-state index contributed by atoms with van der Waals surface area (Å²) in [5, 5.41) is 23.9. The van der Waals surface area contributed by atoms with Gasteiger partial charge in [-0.05, 0) is 69.5 Å². The van der Waals surface area contributed by atoms with Crippen molar-refractivity contribution in [2.75, 3.05) is 20.3 Å². The monoisotopic (exact) mass is 510 g/mol. The number of hydrogen-bond donors (Lipinski definition) is 3. The number of rotatable bonds is 6. The molecular weight excluding hydrogens is 476 g/mol. The predicted molar refractivity (Wildman–Crippen MR) is 137 cm³/mol. The number of aromatic nitrogens is 3. The molecule has 1 aromatic heterocycles. The highest BCUT2D eigenvalue weighted by Gasteiger charge is 2.28. The zero-order chi connectivity index (χ0) is 26.7. The van der Waals surface area contributed by atoms with Gasteiger partial charge in [0.25, 0.3) is 5.91 Å². The first-order chi connectivity index (χ1) is 17.6. The van der Waals surface area contributed by atoms with Gasteiger partial charge >= 0.3 is 6.09 Å². The predicted octanol–water partition coefficient (Wildman–Crippen LogP) is 2.39. The maximum atomic E-state index is 13.3. The molecule has 2 aliphatic heterocycles. The van der Waals surface area contributed by atoms with Crippen molar-refractivity contribution >= 4 is 17.7 Å². The Morgan fingerprint density at radius 2 is 2.08 bits per heavy atom. The summed E-state index contributed by atoms with van der Waals surface area (Å²) in [5.41, 5.74) is 2.36. The van der Waals surface area contributed by atoms with Gasteiger partial charge in [-0.3, -0.25) is 4.79 Å². The Labute approximate surface area is 216 Å². The van der Waals surface area contributed by atoms with Gasteiger partial charge in [-0.1, -0.05) is 6.08 Å². The third-order valence-corrected chi connectivity index (χ3v) is 6.15. The molecule has 11 heteroatoms. The van der Waals surface area contributed by atoms with Crippen LogP contribution in [-0.4, -0.2) is 68.8 Å². The van der Waals surface area contributed by atoms with E-state index >= 15 is 0 Å². The van der Waals surface area contributed by atoms with Gasteiger partial charge in [0.2, 0.25) is 0 Å². The van der Waals surface area contributed by atoms with Crippen LogP contribution in [0.1, 0.15) is 61.0 Å². The lowest BCUT2D eigenvalue weighted by Gasteiger charge is -2.31. The van der Waals surface area contributed by atoms with Crippen molar-refractivity contribution in [2.24, 2.45) is 0 Å². The first-order valence-electron chi connectivity index (χ1n) is 12.2. The molecule has 4 rings (SSSR count). The number of ether oxygens (including phenoxy) is 2.